The number of carbonyl (C=O) groups is 1. The molecule has 1 saturated carbocycles. The summed E-state index contributed by atoms with van der Waals surface area (Å²) in [6.07, 6.45) is 2.19. The number of nitrogens with one attached hydrogen (secondary N) is 2. The number of aromatic hydroxyl groups is 1. The molecule has 1 aliphatic carbocycles. The van der Waals surface area contributed by atoms with Gasteiger partial charge in [-0.05, 0) is 54.0 Å². The van der Waals surface area contributed by atoms with Crippen LogP contribution < -0.4 is 15.6 Å². The zero-order valence-electron chi connectivity index (χ0n) is 17.6. The highest BCUT2D eigenvalue weighted by molar-refractivity contribution is 7.13. The monoisotopic (exact) mass is 459 g/mol. The van der Waals surface area contributed by atoms with Gasteiger partial charge in [-0.3, -0.25) is 9.59 Å². The van der Waals surface area contributed by atoms with Crippen molar-refractivity contribution in [3.8, 4) is 28.0 Å². The molecule has 166 valence electrons. The van der Waals surface area contributed by atoms with Crippen LogP contribution in [0.3, 0.4) is 0 Å². The molecule has 2 aromatic heterocycles. The summed E-state index contributed by atoms with van der Waals surface area (Å²) in [5.74, 6) is 0.703. The smallest absolute Gasteiger partial charge is 0.294 e. The maximum absolute atomic E-state index is 13.0. The molecule has 8 heteroatoms. The number of hydrogen-bond donors (Lipinski definition) is 3. The van der Waals surface area contributed by atoms with Crippen LogP contribution in [0.15, 0.2) is 70.8 Å². The van der Waals surface area contributed by atoms with E-state index < -0.39 is 17.2 Å². The Hall–Kier alpha value is -3.91. The lowest BCUT2D eigenvalue weighted by molar-refractivity contribution is 0.0942. The lowest BCUT2D eigenvalue weighted by Crippen LogP contribution is -2.27. The summed E-state index contributed by atoms with van der Waals surface area (Å²) >= 11 is 1.37. The van der Waals surface area contributed by atoms with Crippen molar-refractivity contribution in [2.75, 3.05) is 0 Å². The number of thiophene rings is 1. The molecule has 0 unspecified atom stereocenters. The molecule has 0 spiro atoms. The number of H-pyrrole nitrogens is 1. The topological polar surface area (TPSA) is 104 Å². The van der Waals surface area contributed by atoms with Gasteiger partial charge in [0.05, 0.1) is 4.88 Å². The fourth-order valence-electron chi connectivity index (χ4n) is 3.67. The number of benzene rings is 2. The molecule has 7 nitrogen and oxygen atoms in total. The minimum absolute atomic E-state index is 0.177. The maximum atomic E-state index is 13.0. The van der Waals surface area contributed by atoms with Crippen molar-refractivity contribution < 1.29 is 14.6 Å². The molecule has 2 heterocycles. The SMILES string of the molecule is O=C(NCc1c(Oc2ccccc2)cccc1C1CC1)c1nc(-c2cccs2)[nH]c(=O)c1O. The number of ether oxygens (including phenoxy) is 1. The highest BCUT2D eigenvalue weighted by Gasteiger charge is 2.28. The number of carbonyl (C=O) groups excluding carboxylic acids is 1. The quantitative estimate of drug-likeness (QED) is 0.368. The van der Waals surface area contributed by atoms with Crippen LogP contribution in [0.2, 0.25) is 0 Å². The first-order valence-corrected chi connectivity index (χ1v) is 11.5. The Morgan fingerprint density at radius 3 is 2.67 bits per heavy atom. The number of aromatic amines is 1. The largest absolute Gasteiger partial charge is 0.501 e. The number of rotatable bonds is 7. The minimum atomic E-state index is -0.759. The molecule has 0 bridgehead atoms. The zero-order chi connectivity index (χ0) is 22.8. The summed E-state index contributed by atoms with van der Waals surface area (Å²) in [6.45, 7) is 0.177. The third kappa shape index (κ3) is 4.51. The second kappa shape index (κ2) is 8.91. The molecule has 33 heavy (non-hydrogen) atoms. The highest BCUT2D eigenvalue weighted by atomic mass is 32.1. The van der Waals surface area contributed by atoms with Crippen LogP contribution in [0.4, 0.5) is 0 Å². The first-order chi connectivity index (χ1) is 16.1. The van der Waals surface area contributed by atoms with E-state index in [9.17, 15) is 14.7 Å². The van der Waals surface area contributed by atoms with E-state index in [-0.39, 0.29) is 18.1 Å². The molecule has 3 N–H and O–H groups in total. The van der Waals surface area contributed by atoms with Gasteiger partial charge in [-0.2, -0.15) is 0 Å². The Bertz CT molecular complexity index is 1350. The Morgan fingerprint density at radius 2 is 1.94 bits per heavy atom. The van der Waals surface area contributed by atoms with E-state index >= 15 is 0 Å². The number of amides is 1. The number of nitrogens with zero attached hydrogens (tertiary/aromatic N) is 1. The van der Waals surface area contributed by atoms with Crippen LogP contribution in [0.1, 0.15) is 40.4 Å². The molecular weight excluding hydrogens is 438 g/mol. The van der Waals surface area contributed by atoms with Crippen LogP contribution in [-0.4, -0.2) is 21.0 Å². The third-order valence-corrected chi connectivity index (χ3v) is 6.32. The van der Waals surface area contributed by atoms with Gasteiger partial charge in [0.15, 0.2) is 11.5 Å². The van der Waals surface area contributed by atoms with Gasteiger partial charge in [-0.25, -0.2) is 4.98 Å². The lowest BCUT2D eigenvalue weighted by Gasteiger charge is -2.16. The highest BCUT2D eigenvalue weighted by Crippen LogP contribution is 2.44. The van der Waals surface area contributed by atoms with E-state index in [1.807, 2.05) is 53.9 Å². The van der Waals surface area contributed by atoms with Crippen molar-refractivity contribution in [2.24, 2.45) is 0 Å². The van der Waals surface area contributed by atoms with Crippen molar-refractivity contribution in [2.45, 2.75) is 25.3 Å². The number of aromatic nitrogens is 2. The van der Waals surface area contributed by atoms with E-state index in [0.717, 1.165) is 24.0 Å². The first-order valence-electron chi connectivity index (χ1n) is 10.6. The Kier molecular flexibility index (Phi) is 5.66. The van der Waals surface area contributed by atoms with Gasteiger partial charge in [0, 0.05) is 12.1 Å². The molecule has 1 amide bonds. The first kappa shape index (κ1) is 21.0. The molecule has 5 rings (SSSR count). The average molecular weight is 460 g/mol. The maximum Gasteiger partial charge on any atom is 0.294 e. The van der Waals surface area contributed by atoms with Crippen LogP contribution in [0.25, 0.3) is 10.7 Å². The predicted octanol–water partition coefficient (Wildman–Crippen LogP) is 4.80. The fraction of sp³-hybridized carbons (Fsp3) is 0.160. The summed E-state index contributed by atoms with van der Waals surface area (Å²) in [5.41, 5.74) is 0.938. The zero-order valence-corrected chi connectivity index (χ0v) is 18.4. The Morgan fingerprint density at radius 1 is 1.12 bits per heavy atom. The van der Waals surface area contributed by atoms with E-state index in [2.05, 4.69) is 21.4 Å². The van der Waals surface area contributed by atoms with Gasteiger partial charge >= 0.3 is 0 Å². The summed E-state index contributed by atoms with van der Waals surface area (Å²) in [4.78, 5) is 32.6. The van der Waals surface area contributed by atoms with E-state index in [4.69, 9.17) is 4.74 Å². The van der Waals surface area contributed by atoms with Gasteiger partial charge < -0.3 is 20.1 Å². The number of hydrogen-bond acceptors (Lipinski definition) is 6. The van der Waals surface area contributed by atoms with E-state index in [0.29, 0.717) is 22.3 Å². The second-order valence-electron chi connectivity index (χ2n) is 7.79. The van der Waals surface area contributed by atoms with Crippen molar-refractivity contribution in [3.05, 3.63) is 93.2 Å². The Labute approximate surface area is 193 Å². The van der Waals surface area contributed by atoms with Crippen molar-refractivity contribution in [3.63, 3.8) is 0 Å². The predicted molar refractivity (Wildman–Crippen MR) is 126 cm³/mol. The van der Waals surface area contributed by atoms with Crippen LogP contribution in [-0.2, 0) is 6.54 Å². The van der Waals surface area contributed by atoms with Gasteiger partial charge in [0.25, 0.3) is 11.5 Å². The number of para-hydroxylation sites is 1. The molecule has 2 aromatic carbocycles. The standard InChI is InChI=1S/C25H21N3O4S/c29-22-21(27-23(28-25(22)31)20-10-5-13-33-20)24(30)26-14-18-17(15-11-12-15)8-4-9-19(18)32-16-6-2-1-3-7-16/h1-10,13,15,29H,11-12,14H2,(H,26,30)(H,27,28,31). The molecular formula is C25H21N3O4S. The second-order valence-corrected chi connectivity index (χ2v) is 8.73. The molecule has 0 saturated heterocycles. The normalized spacial score (nSPS) is 13.0. The lowest BCUT2D eigenvalue weighted by atomic mass is 10.0. The van der Waals surface area contributed by atoms with Crippen LogP contribution >= 0.6 is 11.3 Å². The fourth-order valence-corrected chi connectivity index (χ4v) is 4.34. The van der Waals surface area contributed by atoms with Gasteiger partial charge in [0.1, 0.15) is 11.5 Å². The van der Waals surface area contributed by atoms with Gasteiger partial charge in [-0.15, -0.1) is 11.3 Å². The molecule has 0 radical (unpaired) electrons. The van der Waals surface area contributed by atoms with Gasteiger partial charge in [0.2, 0.25) is 5.75 Å². The molecule has 4 aromatic rings. The van der Waals surface area contributed by atoms with Gasteiger partial charge in [-0.1, -0.05) is 36.4 Å². The Balaban J connectivity index is 1.43. The third-order valence-electron chi connectivity index (χ3n) is 5.45. The summed E-state index contributed by atoms with van der Waals surface area (Å²) in [6, 6.07) is 18.9. The molecule has 1 fully saturated rings. The molecule has 1 aliphatic rings. The molecule has 0 aliphatic heterocycles. The van der Waals surface area contributed by atoms with Crippen molar-refractivity contribution in [1.29, 1.82) is 0 Å². The van der Waals surface area contributed by atoms with E-state index in [1.165, 1.54) is 11.3 Å². The summed E-state index contributed by atoms with van der Waals surface area (Å²) < 4.78 is 6.11. The van der Waals surface area contributed by atoms with Crippen LogP contribution in [0.5, 0.6) is 17.2 Å². The average Bonchev–Trinajstić information content (AvgIpc) is 3.53. The van der Waals surface area contributed by atoms with E-state index in [1.54, 1.807) is 6.07 Å². The van der Waals surface area contributed by atoms with Crippen LogP contribution in [0, 0.1) is 0 Å². The summed E-state index contributed by atoms with van der Waals surface area (Å²) in [5, 5.41) is 14.9. The summed E-state index contributed by atoms with van der Waals surface area (Å²) in [7, 11) is 0. The van der Waals surface area contributed by atoms with Crippen molar-refractivity contribution in [1.82, 2.24) is 15.3 Å². The van der Waals surface area contributed by atoms with Crippen molar-refractivity contribution >= 4 is 17.2 Å². The molecule has 0 atom stereocenters. The minimum Gasteiger partial charge on any atom is -0.501 e.